The predicted octanol–water partition coefficient (Wildman–Crippen LogP) is 4.79. The number of nitrogen functional groups attached to an aromatic ring is 1. The zero-order valence-electron chi connectivity index (χ0n) is 24.0. The van der Waals surface area contributed by atoms with Crippen LogP contribution in [0.2, 0.25) is 0 Å². The molecule has 0 unspecified atom stereocenters. The Bertz CT molecular complexity index is 1710. The molecule has 0 spiro atoms. The Morgan fingerprint density at radius 2 is 1.91 bits per heavy atom. The van der Waals surface area contributed by atoms with Gasteiger partial charge in [-0.2, -0.15) is 10.4 Å². The minimum absolute atomic E-state index is 0.183. The summed E-state index contributed by atoms with van der Waals surface area (Å²) in [7, 11) is 2.08. The molecule has 1 atom stereocenters. The third-order valence-electron chi connectivity index (χ3n) is 8.27. The van der Waals surface area contributed by atoms with Gasteiger partial charge in [0.15, 0.2) is 5.65 Å². The van der Waals surface area contributed by atoms with E-state index in [2.05, 4.69) is 28.0 Å². The van der Waals surface area contributed by atoms with Gasteiger partial charge in [-0.25, -0.2) is 19.0 Å². The Labute approximate surface area is 249 Å². The summed E-state index contributed by atoms with van der Waals surface area (Å²) in [6.07, 6.45) is 6.62. The SMILES string of the molecule is CN1CCC(/C=C(\C#N)C(=O)N2CCC[C@@H]2Cn2nc(-c3ccc(Oc4ccccc4)cc3F)c3c(N)ncnc32)CC1. The van der Waals surface area contributed by atoms with Gasteiger partial charge >= 0.3 is 0 Å². The van der Waals surface area contributed by atoms with Crippen molar-refractivity contribution >= 4 is 22.8 Å². The molecule has 43 heavy (non-hydrogen) atoms. The highest BCUT2D eigenvalue weighted by Crippen LogP contribution is 2.35. The molecule has 11 heteroatoms. The maximum atomic E-state index is 15.5. The number of nitrogens with two attached hydrogens (primary N) is 1. The number of aromatic nitrogens is 4. The number of anilines is 1. The number of halogens is 1. The first-order valence-electron chi connectivity index (χ1n) is 14.5. The molecule has 2 saturated heterocycles. The number of allylic oxidation sites excluding steroid dienone is 1. The van der Waals surface area contributed by atoms with Gasteiger partial charge < -0.3 is 20.3 Å². The highest BCUT2D eigenvalue weighted by atomic mass is 19.1. The third kappa shape index (κ3) is 5.92. The lowest BCUT2D eigenvalue weighted by molar-refractivity contribution is -0.127. The number of hydrogen-bond donors (Lipinski definition) is 1. The van der Waals surface area contributed by atoms with Crippen LogP contribution in [0.5, 0.6) is 11.5 Å². The molecule has 2 aromatic carbocycles. The lowest BCUT2D eigenvalue weighted by Crippen LogP contribution is -2.39. The molecule has 0 bridgehead atoms. The maximum absolute atomic E-state index is 15.5. The average molecular weight is 581 g/mol. The van der Waals surface area contributed by atoms with Crippen molar-refractivity contribution in [2.75, 3.05) is 32.4 Å². The number of hydrogen-bond acceptors (Lipinski definition) is 8. The molecule has 6 rings (SSSR count). The molecule has 4 heterocycles. The summed E-state index contributed by atoms with van der Waals surface area (Å²) in [5.74, 6) is 0.559. The molecule has 1 amide bonds. The average Bonchev–Trinajstić information content (AvgIpc) is 3.63. The Balaban J connectivity index is 1.27. The number of fused-ring (bicyclic) bond motifs is 1. The number of likely N-dealkylation sites (tertiary alicyclic amines) is 2. The van der Waals surface area contributed by atoms with Crippen LogP contribution in [-0.2, 0) is 11.3 Å². The van der Waals surface area contributed by atoms with E-state index in [-0.39, 0.29) is 34.8 Å². The number of nitrogens with zero attached hydrogens (tertiary/aromatic N) is 7. The van der Waals surface area contributed by atoms with Crippen molar-refractivity contribution in [2.45, 2.75) is 38.3 Å². The summed E-state index contributed by atoms with van der Waals surface area (Å²) in [6, 6.07) is 15.7. The quantitative estimate of drug-likeness (QED) is 0.244. The summed E-state index contributed by atoms with van der Waals surface area (Å²) in [5.41, 5.74) is 7.46. The first-order valence-corrected chi connectivity index (χ1v) is 14.5. The predicted molar refractivity (Wildman–Crippen MR) is 160 cm³/mol. The van der Waals surface area contributed by atoms with Crippen LogP contribution < -0.4 is 10.5 Å². The number of amides is 1. The van der Waals surface area contributed by atoms with Crippen molar-refractivity contribution in [3.05, 3.63) is 72.3 Å². The van der Waals surface area contributed by atoms with E-state index >= 15 is 4.39 Å². The number of carbonyl (C=O) groups excluding carboxylic acids is 1. The van der Waals surface area contributed by atoms with Gasteiger partial charge in [-0.05, 0) is 76.0 Å². The molecule has 2 fully saturated rings. The van der Waals surface area contributed by atoms with Crippen molar-refractivity contribution < 1.29 is 13.9 Å². The van der Waals surface area contributed by atoms with Crippen molar-refractivity contribution in [1.82, 2.24) is 29.5 Å². The van der Waals surface area contributed by atoms with Gasteiger partial charge in [-0.3, -0.25) is 4.79 Å². The Kier molecular flexibility index (Phi) is 8.03. The minimum Gasteiger partial charge on any atom is -0.457 e. The van der Waals surface area contributed by atoms with Crippen LogP contribution in [0.15, 0.2) is 66.5 Å². The molecule has 10 nitrogen and oxygen atoms in total. The first-order chi connectivity index (χ1) is 20.9. The van der Waals surface area contributed by atoms with Crippen molar-refractivity contribution in [3.63, 3.8) is 0 Å². The van der Waals surface area contributed by atoms with E-state index in [4.69, 9.17) is 15.6 Å². The fraction of sp³-hybridized carbons (Fsp3) is 0.344. The molecule has 0 saturated carbocycles. The fourth-order valence-corrected chi connectivity index (χ4v) is 5.96. The third-order valence-corrected chi connectivity index (χ3v) is 8.27. The molecule has 2 aromatic heterocycles. The molecular formula is C32H33FN8O2. The van der Waals surface area contributed by atoms with Crippen LogP contribution in [-0.4, -0.2) is 68.2 Å². The van der Waals surface area contributed by atoms with Crippen LogP contribution >= 0.6 is 0 Å². The van der Waals surface area contributed by atoms with Crippen LogP contribution in [0.3, 0.4) is 0 Å². The summed E-state index contributed by atoms with van der Waals surface area (Å²) in [4.78, 5) is 26.1. The lowest BCUT2D eigenvalue weighted by Gasteiger charge is -2.28. The second-order valence-corrected chi connectivity index (χ2v) is 11.2. The maximum Gasteiger partial charge on any atom is 0.264 e. The van der Waals surface area contributed by atoms with Gasteiger partial charge in [0.05, 0.1) is 18.0 Å². The summed E-state index contributed by atoms with van der Waals surface area (Å²) < 4.78 is 23.0. The Hall–Kier alpha value is -4.82. The molecule has 0 aliphatic carbocycles. The molecule has 2 aliphatic rings. The smallest absolute Gasteiger partial charge is 0.264 e. The second kappa shape index (κ2) is 12.2. The van der Waals surface area contributed by atoms with Gasteiger partial charge in [0.2, 0.25) is 0 Å². The van der Waals surface area contributed by atoms with E-state index in [0.717, 1.165) is 38.8 Å². The second-order valence-electron chi connectivity index (χ2n) is 11.2. The van der Waals surface area contributed by atoms with Crippen LogP contribution in [0.1, 0.15) is 25.7 Å². The largest absolute Gasteiger partial charge is 0.457 e. The molecular weight excluding hydrogens is 547 g/mol. The van der Waals surface area contributed by atoms with Crippen LogP contribution in [0.4, 0.5) is 10.2 Å². The molecule has 220 valence electrons. The normalized spacial score (nSPS) is 18.2. The topological polar surface area (TPSA) is 126 Å². The standard InChI is InChI=1S/C32H33FN8O2/c1-39-14-11-21(12-15-39)16-22(18-34)32(42)40-13-5-6-23(40)19-41-31-28(30(35)36-20-37-31)29(38-41)26-10-9-25(17-27(26)33)43-24-7-3-2-4-8-24/h2-4,7-10,16-17,20-21,23H,5-6,11-15,19H2,1H3,(H2,35,36,37)/b22-16+/t23-/m1/s1. The molecule has 4 aromatic rings. The minimum atomic E-state index is -0.529. The molecule has 2 N–H and O–H groups in total. The van der Waals surface area contributed by atoms with Gasteiger partial charge in [-0.1, -0.05) is 24.3 Å². The van der Waals surface area contributed by atoms with E-state index in [1.807, 2.05) is 24.3 Å². The van der Waals surface area contributed by atoms with E-state index < -0.39 is 5.82 Å². The van der Waals surface area contributed by atoms with E-state index in [9.17, 15) is 10.1 Å². The number of para-hydroxylation sites is 1. The number of carbonyl (C=O) groups is 1. The van der Waals surface area contributed by atoms with E-state index in [1.54, 1.807) is 33.8 Å². The first kappa shape index (κ1) is 28.3. The van der Waals surface area contributed by atoms with Crippen molar-refractivity contribution in [2.24, 2.45) is 5.92 Å². The van der Waals surface area contributed by atoms with Gasteiger partial charge in [-0.15, -0.1) is 0 Å². The lowest BCUT2D eigenvalue weighted by atomic mass is 9.94. The molecule has 2 aliphatic heterocycles. The fourth-order valence-electron chi connectivity index (χ4n) is 5.96. The highest BCUT2D eigenvalue weighted by Gasteiger charge is 2.33. The van der Waals surface area contributed by atoms with Gasteiger partial charge in [0, 0.05) is 18.2 Å². The molecule has 0 radical (unpaired) electrons. The zero-order valence-corrected chi connectivity index (χ0v) is 24.0. The number of piperidine rings is 1. The number of ether oxygens (including phenoxy) is 1. The van der Waals surface area contributed by atoms with Crippen LogP contribution in [0.25, 0.3) is 22.3 Å². The summed E-state index contributed by atoms with van der Waals surface area (Å²) in [5, 5.41) is 15.1. The number of rotatable bonds is 7. The highest BCUT2D eigenvalue weighted by molar-refractivity contribution is 5.99. The summed E-state index contributed by atoms with van der Waals surface area (Å²) >= 11 is 0. The van der Waals surface area contributed by atoms with Crippen molar-refractivity contribution in [3.8, 4) is 28.8 Å². The summed E-state index contributed by atoms with van der Waals surface area (Å²) in [6.45, 7) is 2.77. The Morgan fingerprint density at radius 3 is 2.65 bits per heavy atom. The van der Waals surface area contributed by atoms with Crippen molar-refractivity contribution in [1.29, 1.82) is 5.26 Å². The monoisotopic (exact) mass is 580 g/mol. The van der Waals surface area contributed by atoms with E-state index in [1.165, 1.54) is 12.4 Å². The van der Waals surface area contributed by atoms with Crippen LogP contribution in [0, 0.1) is 23.1 Å². The number of benzene rings is 2. The van der Waals surface area contributed by atoms with E-state index in [0.29, 0.717) is 41.3 Å². The van der Waals surface area contributed by atoms with Gasteiger partial charge in [0.1, 0.15) is 46.8 Å². The zero-order chi connectivity index (χ0) is 29.9. The number of nitriles is 1. The Morgan fingerprint density at radius 1 is 1.12 bits per heavy atom. The van der Waals surface area contributed by atoms with Gasteiger partial charge in [0.25, 0.3) is 5.91 Å².